The third-order valence-electron chi connectivity index (χ3n) is 19.9. The molecule has 10 aromatic rings. The van der Waals surface area contributed by atoms with Crippen molar-refractivity contribution in [1.29, 1.82) is 0 Å². The molecule has 5 N–H and O–H groups in total. The number of amides is 3. The van der Waals surface area contributed by atoms with Gasteiger partial charge in [-0.05, 0) is 157 Å². The maximum absolute atomic E-state index is 12.9. The summed E-state index contributed by atoms with van der Waals surface area (Å²) < 4.78 is 40.5. The van der Waals surface area contributed by atoms with E-state index < -0.39 is 65.0 Å². The van der Waals surface area contributed by atoms with Crippen molar-refractivity contribution >= 4 is 194 Å². The molecular formula is C104H111Br7N6O22. The Bertz CT molecular complexity index is 5560. The molecule has 28 nitrogen and oxygen atoms in total. The van der Waals surface area contributed by atoms with Crippen LogP contribution in [-0.2, 0) is 91.7 Å². The first-order valence-corrected chi connectivity index (χ1v) is 49.7. The first kappa shape index (κ1) is 116. The van der Waals surface area contributed by atoms with E-state index in [1.54, 1.807) is 147 Å². The van der Waals surface area contributed by atoms with Crippen LogP contribution >= 0.6 is 112 Å². The first-order chi connectivity index (χ1) is 66.0. The number of carbonyl (C=O) groups is 14. The molecule has 2 saturated heterocycles. The molecule has 1 aromatic heterocycles. The summed E-state index contributed by atoms with van der Waals surface area (Å²) in [6.07, 6.45) is 1.92. The van der Waals surface area contributed by atoms with Crippen LogP contribution in [0.1, 0.15) is 205 Å². The molecule has 0 saturated carbocycles. The van der Waals surface area contributed by atoms with Gasteiger partial charge >= 0.3 is 48.0 Å². The highest BCUT2D eigenvalue weighted by atomic mass is 79.9. The lowest BCUT2D eigenvalue weighted by molar-refractivity contribution is -0.145. The average Bonchev–Trinajstić information content (AvgIpc) is 1.64. The van der Waals surface area contributed by atoms with Crippen molar-refractivity contribution in [3.63, 3.8) is 0 Å². The maximum Gasteiger partial charge on any atom is 0.410 e. The average molecular weight is 2360 g/mol. The predicted molar refractivity (Wildman–Crippen MR) is 551 cm³/mol. The number of likely N-dealkylation sites (tertiary alicyclic amines) is 2. The van der Waals surface area contributed by atoms with Gasteiger partial charge in [0.15, 0.2) is 28.9 Å². The molecule has 2 aliphatic heterocycles. The number of carboxylic acids is 1. The number of imidazole rings is 1. The fraction of sp³-hybridized carbons (Fsp3) is 0.317. The number of rotatable bonds is 31. The standard InChI is InChI=1S/C21H26BrN3O4.C21H27BrN2O6.2C17H15BrO3.C11H12BrNO3.C10H9BrO3.C7H7Br/c1-21(2,3)29-20(27)25-11-5-6-16(25)19-23-15(12-17(26)28-4)18(24-19)13-7-9-14(22)10-8-13;1-21(2,3)30-20(28)24-11-5-6-16(24)19(27)23-15(12-17(25)29-4)18(26)13-7-9-14(22)10-8-13;2*18-15-8-6-14(7-9-15)16(19)10-11-17(20)21-12-13-4-2-1-3-5-13;1-16-10(14)6-9(13)11(15)7-2-4-8(12)5-3-7;11-8-3-1-7(2-4-8)9(12)5-6-10(13)14;8-6-7-4-2-1-3-5-7/h7-10,16H,5-6,11-12H2,1-4H3,(H,23,24);7-10,15-16H,5-6,11-12H2,1-4H3,(H,23,27);2*1-9H,10-12H2;2-5,9H,6,13H2,1H3;1-4H,5-6H2,(H,13,14);1-5H,6H2/t16-;15?,16-;;;;;/m00...../s1. The monoisotopic (exact) mass is 2350 g/mol. The lowest BCUT2D eigenvalue weighted by Gasteiger charge is -2.29. The molecule has 2 aliphatic rings. The zero-order valence-corrected chi connectivity index (χ0v) is 89.2. The Morgan fingerprint density at radius 2 is 0.784 bits per heavy atom. The van der Waals surface area contributed by atoms with Crippen LogP contribution in [0.4, 0.5) is 9.59 Å². The molecule has 12 rings (SSSR count). The largest absolute Gasteiger partial charge is 0.481 e. The number of methoxy groups -OCH3 is 3. The molecule has 2 unspecified atom stereocenters. The van der Waals surface area contributed by atoms with E-state index in [1.165, 1.54) is 31.8 Å². The second-order valence-corrected chi connectivity index (χ2v) is 39.0. The van der Waals surface area contributed by atoms with Gasteiger partial charge in [-0.3, -0.25) is 67.3 Å². The zero-order chi connectivity index (χ0) is 102. The van der Waals surface area contributed by atoms with Gasteiger partial charge in [0.25, 0.3) is 0 Å². The summed E-state index contributed by atoms with van der Waals surface area (Å²) in [4.78, 5) is 177. The number of ketones is 5. The number of hydrogen-bond acceptors (Lipinski definition) is 23. The van der Waals surface area contributed by atoms with Crippen LogP contribution in [0.5, 0.6) is 0 Å². The van der Waals surface area contributed by atoms with E-state index in [0.29, 0.717) is 71.0 Å². The smallest absolute Gasteiger partial charge is 0.410 e. The molecule has 35 heteroatoms. The van der Waals surface area contributed by atoms with E-state index in [4.69, 9.17) is 39.5 Å². The summed E-state index contributed by atoms with van der Waals surface area (Å²) in [5, 5.41) is 12.0. The minimum absolute atomic E-state index is 0.0525. The van der Waals surface area contributed by atoms with Crippen molar-refractivity contribution in [3.05, 3.63) is 319 Å². The van der Waals surface area contributed by atoms with Gasteiger partial charge in [-0.2, -0.15) is 0 Å². The van der Waals surface area contributed by atoms with Gasteiger partial charge in [0.2, 0.25) is 5.91 Å². The van der Waals surface area contributed by atoms with E-state index in [2.05, 4.69) is 143 Å². The predicted octanol–water partition coefficient (Wildman–Crippen LogP) is 22.6. The molecule has 0 bridgehead atoms. The van der Waals surface area contributed by atoms with Gasteiger partial charge < -0.3 is 54.3 Å². The van der Waals surface area contributed by atoms with Crippen molar-refractivity contribution in [2.45, 2.75) is 179 Å². The molecule has 0 radical (unpaired) electrons. The molecule has 2 fully saturated rings. The number of benzene rings is 9. The quantitative estimate of drug-likeness (QED) is 0.0136. The Hall–Kier alpha value is -11.3. The number of aliphatic carboxylic acids is 1. The lowest BCUT2D eigenvalue weighted by Crippen LogP contribution is -2.52. The summed E-state index contributed by atoms with van der Waals surface area (Å²) >= 11 is 23.2. The summed E-state index contributed by atoms with van der Waals surface area (Å²) in [6, 6.07) is 68.4. The number of carboxylic acid groups (broad SMARTS) is 1. The highest BCUT2D eigenvalue weighted by Gasteiger charge is 2.40. The second-order valence-electron chi connectivity index (χ2n) is 32.9. The number of ether oxygens (including phenoxy) is 7. The third-order valence-corrected chi connectivity index (χ3v) is 23.8. The van der Waals surface area contributed by atoms with Crippen molar-refractivity contribution < 1.29 is 105 Å². The Morgan fingerprint density at radius 1 is 0.432 bits per heavy atom. The van der Waals surface area contributed by atoms with Crippen molar-refractivity contribution in [3.8, 4) is 11.3 Å². The SMILES string of the molecule is BrCc1ccccc1.COC(=O)CC(N)C(=O)c1ccc(Br)cc1.COC(=O)CC(NC(=O)[C@@H]1CCCN1C(=O)OC(C)(C)C)C(=O)c1ccc(Br)cc1.COC(=O)Cc1[nH]c([C@@H]2CCCN2C(=O)OC(C)(C)C)nc1-c1ccc(Br)cc1.O=C(CCC(=O)c1ccc(Br)cc1)OCc1ccccc1.O=C(CCC(=O)c1ccc(Br)cc1)OCc1ccccc1.O=C(O)CCC(=O)c1ccc(Br)cc1. The highest BCUT2D eigenvalue weighted by Crippen LogP contribution is 2.36. The molecule has 738 valence electrons. The molecule has 3 amide bonds. The van der Waals surface area contributed by atoms with Gasteiger partial charge in [-0.15, -0.1) is 0 Å². The number of aromatic amines is 1. The second kappa shape index (κ2) is 60.6. The molecule has 4 atom stereocenters. The van der Waals surface area contributed by atoms with E-state index in [-0.39, 0.29) is 124 Å². The zero-order valence-electron chi connectivity index (χ0n) is 78.1. The summed E-state index contributed by atoms with van der Waals surface area (Å²) in [7, 11) is 3.84. The van der Waals surface area contributed by atoms with Gasteiger partial charge in [0, 0.05) is 97.9 Å². The fourth-order valence-corrected chi connectivity index (χ4v) is 14.8. The maximum atomic E-state index is 12.9. The number of alkyl halides is 1. The number of nitrogens with zero attached hydrogens (tertiary/aromatic N) is 3. The summed E-state index contributed by atoms with van der Waals surface area (Å²) in [6.45, 7) is 12.3. The number of halogens is 7. The van der Waals surface area contributed by atoms with Gasteiger partial charge in [0.1, 0.15) is 42.3 Å². The lowest BCUT2D eigenvalue weighted by atomic mass is 10.0. The third kappa shape index (κ3) is 44.0. The number of hydrogen-bond donors (Lipinski definition) is 4. The topological polar surface area (TPSA) is 397 Å². The van der Waals surface area contributed by atoms with Crippen LogP contribution in [-0.4, -0.2) is 171 Å². The van der Waals surface area contributed by atoms with Crippen LogP contribution in [0, 0.1) is 0 Å². The molecule has 3 heterocycles. The number of Topliss-reactive ketones (excluding diaryl/α,β-unsaturated/α-hetero) is 5. The molecule has 0 spiro atoms. The van der Waals surface area contributed by atoms with E-state index in [1.807, 2.05) is 124 Å². The molecule has 0 aliphatic carbocycles. The number of esters is 5. The minimum Gasteiger partial charge on any atom is -0.481 e. The summed E-state index contributed by atoms with van der Waals surface area (Å²) in [5.41, 5.74) is 12.4. The van der Waals surface area contributed by atoms with Crippen molar-refractivity contribution in [1.82, 2.24) is 25.1 Å². The normalized spacial score (nSPS) is 13.2. The van der Waals surface area contributed by atoms with Crippen molar-refractivity contribution in [2.24, 2.45) is 5.73 Å². The van der Waals surface area contributed by atoms with Crippen LogP contribution in [0.25, 0.3) is 11.3 Å². The fourth-order valence-electron chi connectivity index (χ4n) is 12.9. The van der Waals surface area contributed by atoms with Crippen molar-refractivity contribution in [2.75, 3.05) is 34.4 Å². The van der Waals surface area contributed by atoms with E-state index in [0.717, 1.165) is 61.7 Å². The van der Waals surface area contributed by atoms with Crippen LogP contribution in [0.3, 0.4) is 0 Å². The summed E-state index contributed by atoms with van der Waals surface area (Å²) in [5.74, 6) is -3.90. The Morgan fingerprint density at radius 3 is 1.17 bits per heavy atom. The number of carbonyl (C=O) groups excluding carboxylic acids is 13. The van der Waals surface area contributed by atoms with Gasteiger partial charge in [-0.25, -0.2) is 14.6 Å². The highest BCUT2D eigenvalue weighted by molar-refractivity contribution is 9.11. The van der Waals surface area contributed by atoms with E-state index in [9.17, 15) is 67.1 Å². The minimum atomic E-state index is -1.10. The van der Waals surface area contributed by atoms with E-state index >= 15 is 0 Å². The number of nitrogens with two attached hydrogens (primary N) is 1. The van der Waals surface area contributed by atoms with Crippen LogP contribution < -0.4 is 11.1 Å². The van der Waals surface area contributed by atoms with Crippen LogP contribution in [0.15, 0.2) is 263 Å². The first-order valence-electron chi connectivity index (χ1n) is 43.8. The number of nitrogens with one attached hydrogen (secondary N) is 2. The molecule has 9 aromatic carbocycles. The Balaban J connectivity index is 0.000000256. The number of aromatic nitrogens is 2. The molecular weight excluding hydrogens is 2240 g/mol. The van der Waals surface area contributed by atoms with Crippen LogP contribution in [0.2, 0.25) is 0 Å². The Kier molecular flexibility index (Phi) is 50.8. The molecule has 139 heavy (non-hydrogen) atoms. The van der Waals surface area contributed by atoms with Gasteiger partial charge in [0.05, 0.1) is 83.3 Å². The Labute approximate surface area is 867 Å². The van der Waals surface area contributed by atoms with Gasteiger partial charge in [-0.1, -0.05) is 275 Å². The number of H-pyrrole nitrogens is 1.